The largest absolute Gasteiger partial charge is 0.465 e. The summed E-state index contributed by atoms with van der Waals surface area (Å²) in [6, 6.07) is 9.87. The van der Waals surface area contributed by atoms with Crippen molar-refractivity contribution in [1.29, 1.82) is 0 Å². The zero-order chi connectivity index (χ0) is 19.2. The molecule has 3 N–H and O–H groups in total. The number of hydrogen-bond donors (Lipinski definition) is 2. The average Bonchev–Trinajstić information content (AvgIpc) is 2.52. The predicted molar refractivity (Wildman–Crippen MR) is 96.5 cm³/mol. The van der Waals surface area contributed by atoms with Crippen LogP contribution in [0.25, 0.3) is 0 Å². The first-order valence-corrected chi connectivity index (χ1v) is 9.94. The summed E-state index contributed by atoms with van der Waals surface area (Å²) in [5, 5.41) is 1.15. The van der Waals surface area contributed by atoms with Crippen LogP contribution < -0.4 is 5.73 Å². The summed E-state index contributed by atoms with van der Waals surface area (Å²) >= 11 is 11.2. The van der Waals surface area contributed by atoms with Crippen molar-refractivity contribution in [3.63, 3.8) is 0 Å². The Kier molecular flexibility index (Phi) is 7.84. The smallest absolute Gasteiger partial charge is 0.397 e. The molecule has 0 saturated heterocycles. The number of hydrogen-bond acceptors (Lipinski definition) is 5. The molecule has 2 aromatic carbocycles. The molecule has 7 nitrogen and oxygen atoms in total. The van der Waals surface area contributed by atoms with E-state index < -0.39 is 20.6 Å². The summed E-state index contributed by atoms with van der Waals surface area (Å²) in [4.78, 5) is -0.274. The molecule has 0 radical (unpaired) electrons. The first-order chi connectivity index (χ1) is 11.6. The molecule has 0 spiro atoms. The van der Waals surface area contributed by atoms with Gasteiger partial charge in [0, 0.05) is 17.2 Å². The molecule has 0 fully saturated rings. The first kappa shape index (κ1) is 21.4. The van der Waals surface area contributed by atoms with Crippen LogP contribution in [0.15, 0.2) is 47.4 Å². The molecule has 0 amide bonds. The van der Waals surface area contributed by atoms with Gasteiger partial charge in [0.2, 0.25) is 5.69 Å². The topological polar surface area (TPSA) is 118 Å². The van der Waals surface area contributed by atoms with Crippen LogP contribution in [0.1, 0.15) is 6.92 Å². The maximum absolute atomic E-state index is 10.8. The lowest BCUT2D eigenvalue weighted by molar-refractivity contribution is -0.409. The molecule has 0 aromatic heterocycles. The molecular formula is C14H15Cl2N2O5S2+. The lowest BCUT2D eigenvalue weighted by atomic mass is 10.3. The van der Waals surface area contributed by atoms with E-state index in [1.807, 2.05) is 0 Å². The molecule has 2 rings (SSSR count). The van der Waals surface area contributed by atoms with Gasteiger partial charge in [-0.25, -0.2) is 0 Å². The van der Waals surface area contributed by atoms with E-state index >= 15 is 0 Å². The molecule has 136 valence electrons. The zero-order valence-corrected chi connectivity index (χ0v) is 16.1. The van der Waals surface area contributed by atoms with Crippen molar-refractivity contribution in [2.45, 2.75) is 11.8 Å². The van der Waals surface area contributed by atoms with E-state index in [0.29, 0.717) is 21.4 Å². The van der Waals surface area contributed by atoms with Gasteiger partial charge < -0.3 is 5.73 Å². The quantitative estimate of drug-likeness (QED) is 0.442. The molecule has 2 aromatic rings. The zero-order valence-electron chi connectivity index (χ0n) is 12.9. The minimum Gasteiger partial charge on any atom is -0.397 e. The van der Waals surface area contributed by atoms with Crippen LogP contribution in [0.5, 0.6) is 0 Å². The predicted octanol–water partition coefficient (Wildman–Crippen LogP) is 3.24. The third-order valence-electron chi connectivity index (χ3n) is 2.85. The van der Waals surface area contributed by atoms with Crippen LogP contribution in [0.4, 0.5) is 11.4 Å². The molecule has 11 heteroatoms. The Bertz CT molecular complexity index is 980. The molecule has 0 saturated carbocycles. The molecule has 0 aliphatic rings. The number of benzene rings is 2. The van der Waals surface area contributed by atoms with E-state index in [1.165, 1.54) is 12.1 Å². The van der Waals surface area contributed by atoms with E-state index in [1.54, 1.807) is 25.1 Å². The monoisotopic (exact) mass is 425 g/mol. The van der Waals surface area contributed by atoms with Gasteiger partial charge in [-0.1, -0.05) is 27.1 Å². The lowest BCUT2D eigenvalue weighted by Gasteiger charge is -1.96. The van der Waals surface area contributed by atoms with Gasteiger partial charge in [-0.15, -0.1) is 8.42 Å². The SMILES string of the molecule is CC[N+](c1ccc(S(=O)(=O)O)cc1)=S(=O)=O.Nc1cc(Cl)ccc1Cl. The summed E-state index contributed by atoms with van der Waals surface area (Å²) < 4.78 is 52.8. The van der Waals surface area contributed by atoms with Crippen LogP contribution in [0, 0.1) is 0 Å². The highest BCUT2D eigenvalue weighted by Crippen LogP contribution is 2.21. The van der Waals surface area contributed by atoms with Crippen LogP contribution >= 0.6 is 23.2 Å². The van der Waals surface area contributed by atoms with Gasteiger partial charge in [0.25, 0.3) is 10.1 Å². The van der Waals surface area contributed by atoms with Gasteiger partial charge in [0.1, 0.15) is 0 Å². The fraction of sp³-hybridized carbons (Fsp3) is 0.143. The highest BCUT2D eigenvalue weighted by molar-refractivity contribution is 7.85. The normalized spacial score (nSPS) is 10.6. The van der Waals surface area contributed by atoms with E-state index in [4.69, 9.17) is 33.5 Å². The second-order valence-corrected chi connectivity index (χ2v) is 7.69. The van der Waals surface area contributed by atoms with Crippen molar-refractivity contribution in [3.8, 4) is 0 Å². The van der Waals surface area contributed by atoms with E-state index in [-0.39, 0.29) is 11.4 Å². The van der Waals surface area contributed by atoms with Gasteiger partial charge in [-0.05, 0) is 37.3 Å². The van der Waals surface area contributed by atoms with E-state index in [9.17, 15) is 16.8 Å². The maximum Gasteiger partial charge on any atom is 0.465 e. The highest BCUT2D eigenvalue weighted by Gasteiger charge is 2.13. The van der Waals surface area contributed by atoms with E-state index in [2.05, 4.69) is 0 Å². The Morgan fingerprint density at radius 3 is 2.04 bits per heavy atom. The number of nitrogen functional groups attached to an aromatic ring is 1. The molecule has 0 unspecified atom stereocenters. The average molecular weight is 426 g/mol. The Hall–Kier alpha value is -1.65. The number of rotatable bonds is 3. The second kappa shape index (κ2) is 9.16. The summed E-state index contributed by atoms with van der Waals surface area (Å²) in [7, 11) is -6.66. The molecule has 0 heterocycles. The fourth-order valence-electron chi connectivity index (χ4n) is 1.67. The van der Waals surface area contributed by atoms with Crippen molar-refractivity contribution in [1.82, 2.24) is 0 Å². The van der Waals surface area contributed by atoms with Crippen LogP contribution in [0.3, 0.4) is 0 Å². The molecule has 0 aliphatic carbocycles. The van der Waals surface area contributed by atoms with Gasteiger partial charge in [-0.2, -0.15) is 8.42 Å². The molecule has 0 bridgehead atoms. The third-order valence-corrected chi connectivity index (χ3v) is 5.12. The van der Waals surface area contributed by atoms with Crippen molar-refractivity contribution in [2.75, 3.05) is 12.3 Å². The summed E-state index contributed by atoms with van der Waals surface area (Å²) in [6.07, 6.45) is 0. The van der Waals surface area contributed by atoms with Crippen LogP contribution in [-0.2, 0) is 20.6 Å². The van der Waals surface area contributed by atoms with Crippen LogP contribution in [-0.4, -0.2) is 31.9 Å². The van der Waals surface area contributed by atoms with Gasteiger partial charge in [-0.3, -0.25) is 4.55 Å². The molecule has 25 heavy (non-hydrogen) atoms. The minimum absolute atomic E-state index is 0.237. The molecule has 0 aliphatic heterocycles. The summed E-state index contributed by atoms with van der Waals surface area (Å²) in [5.41, 5.74) is 6.26. The minimum atomic E-state index is -4.24. The number of anilines is 1. The molecule has 0 atom stereocenters. The Labute approximate surface area is 157 Å². The highest BCUT2D eigenvalue weighted by atomic mass is 35.5. The first-order valence-electron chi connectivity index (χ1n) is 6.71. The summed E-state index contributed by atoms with van der Waals surface area (Å²) in [5.74, 6) is 0. The van der Waals surface area contributed by atoms with E-state index in [0.717, 1.165) is 16.1 Å². The lowest BCUT2D eigenvalue weighted by Crippen LogP contribution is -2.03. The maximum atomic E-state index is 10.8. The second-order valence-electron chi connectivity index (χ2n) is 4.55. The van der Waals surface area contributed by atoms with Crippen molar-refractivity contribution < 1.29 is 25.3 Å². The van der Waals surface area contributed by atoms with Gasteiger partial charge in [0.05, 0.1) is 15.6 Å². The van der Waals surface area contributed by atoms with Crippen molar-refractivity contribution in [2.24, 2.45) is 0 Å². The van der Waals surface area contributed by atoms with Gasteiger partial charge in [0.15, 0.2) is 6.54 Å². The Morgan fingerprint density at radius 1 is 1.12 bits per heavy atom. The van der Waals surface area contributed by atoms with Crippen LogP contribution in [0.2, 0.25) is 10.0 Å². The Balaban J connectivity index is 0.000000293. The number of halogens is 2. The van der Waals surface area contributed by atoms with Crippen molar-refractivity contribution in [3.05, 3.63) is 52.5 Å². The Morgan fingerprint density at radius 2 is 1.68 bits per heavy atom. The molecular weight excluding hydrogens is 411 g/mol. The number of nitrogens with zero attached hydrogens (tertiary/aromatic N) is 1. The standard InChI is InChI=1S/C8H9NO5S2.C6H5Cl2N/c1-2-9(15(10)11)7-3-5-8(6-4-7)16(12,13)14;7-4-1-2-5(8)6(9)3-4/h3-6H,2H2,1H3;1-3H,9H2/p+1. The fourth-order valence-corrected chi connectivity index (χ4v) is 2.96. The van der Waals surface area contributed by atoms with Gasteiger partial charge >= 0.3 is 10.5 Å². The van der Waals surface area contributed by atoms with Crippen molar-refractivity contribution >= 4 is 55.2 Å². The summed E-state index contributed by atoms with van der Waals surface area (Å²) in [6.45, 7) is 1.88. The number of nitrogens with two attached hydrogens (primary N) is 1. The third kappa shape index (κ3) is 6.63.